The van der Waals surface area contributed by atoms with Crippen molar-refractivity contribution in [3.8, 4) is 5.69 Å². The highest BCUT2D eigenvalue weighted by Gasteiger charge is 2.15. The molecule has 0 aliphatic heterocycles. The van der Waals surface area contributed by atoms with Crippen LogP contribution in [0.25, 0.3) is 5.69 Å². The molecular weight excluding hydrogens is 300 g/mol. The van der Waals surface area contributed by atoms with Gasteiger partial charge >= 0.3 is 0 Å². The van der Waals surface area contributed by atoms with Crippen molar-refractivity contribution in [3.05, 3.63) is 47.7 Å². The van der Waals surface area contributed by atoms with Crippen LogP contribution in [0.1, 0.15) is 26.7 Å². The lowest BCUT2D eigenvalue weighted by atomic mass is 10.2. The Bertz CT molecular complexity index is 611. The van der Waals surface area contributed by atoms with Gasteiger partial charge < -0.3 is 14.6 Å². The topological polar surface area (TPSA) is 43.3 Å². The second-order valence-corrected chi connectivity index (χ2v) is 5.54. The molecule has 2 aromatic rings. The lowest BCUT2D eigenvalue weighted by molar-refractivity contribution is -0.126. The van der Waals surface area contributed by atoms with Gasteiger partial charge in [0.05, 0.1) is 11.4 Å². The van der Waals surface area contributed by atoms with E-state index in [1.807, 2.05) is 35.2 Å². The van der Waals surface area contributed by atoms with E-state index in [9.17, 15) is 4.79 Å². The van der Waals surface area contributed by atoms with Gasteiger partial charge in [0.2, 0.25) is 0 Å². The Hall–Kier alpha value is -1.78. The third-order valence-electron chi connectivity index (χ3n) is 3.34. The van der Waals surface area contributed by atoms with E-state index in [4.69, 9.17) is 16.3 Å². The van der Waals surface area contributed by atoms with Gasteiger partial charge in [-0.3, -0.25) is 4.79 Å². The number of nitrogens with zero attached hydrogens (tertiary/aromatic N) is 1. The molecule has 4 nitrogen and oxygen atoms in total. The maximum Gasteiger partial charge on any atom is 0.253 e. The van der Waals surface area contributed by atoms with Gasteiger partial charge in [-0.1, -0.05) is 24.9 Å². The molecule has 1 unspecified atom stereocenters. The molecule has 1 N–H and O–H groups in total. The third kappa shape index (κ3) is 4.36. The van der Waals surface area contributed by atoms with E-state index in [0.717, 1.165) is 18.5 Å². The highest BCUT2D eigenvalue weighted by Crippen LogP contribution is 2.25. The Balaban J connectivity index is 2.11. The summed E-state index contributed by atoms with van der Waals surface area (Å²) >= 11 is 6.07. The summed E-state index contributed by atoms with van der Waals surface area (Å²) in [6.07, 6.45) is 5.32. The van der Waals surface area contributed by atoms with E-state index in [0.29, 0.717) is 17.3 Å². The average molecular weight is 321 g/mol. The summed E-state index contributed by atoms with van der Waals surface area (Å²) < 4.78 is 7.43. The number of anilines is 1. The molecule has 118 valence electrons. The van der Waals surface area contributed by atoms with Crippen LogP contribution in [-0.4, -0.2) is 23.2 Å². The predicted molar refractivity (Wildman–Crippen MR) is 89.7 cm³/mol. The number of hydrogen-bond donors (Lipinski definition) is 1. The first-order chi connectivity index (χ1) is 10.6. The summed E-state index contributed by atoms with van der Waals surface area (Å²) in [6, 6.07) is 9.22. The molecule has 0 aliphatic carbocycles. The van der Waals surface area contributed by atoms with Crippen LogP contribution in [-0.2, 0) is 9.53 Å². The predicted octanol–water partition coefficient (Wildman–Crippen LogP) is 4.27. The number of amides is 1. The summed E-state index contributed by atoms with van der Waals surface area (Å²) in [5, 5.41) is 3.53. The molecule has 1 amide bonds. The molecule has 22 heavy (non-hydrogen) atoms. The zero-order chi connectivity index (χ0) is 15.9. The van der Waals surface area contributed by atoms with Crippen molar-refractivity contribution in [3.63, 3.8) is 0 Å². The van der Waals surface area contributed by atoms with E-state index < -0.39 is 6.10 Å². The van der Waals surface area contributed by atoms with Crippen molar-refractivity contribution in [1.82, 2.24) is 4.57 Å². The molecule has 5 heteroatoms. The van der Waals surface area contributed by atoms with E-state index in [1.54, 1.807) is 19.1 Å². The Morgan fingerprint density at radius 1 is 1.36 bits per heavy atom. The van der Waals surface area contributed by atoms with Crippen LogP contribution >= 0.6 is 11.6 Å². The van der Waals surface area contributed by atoms with Crippen molar-refractivity contribution in [2.45, 2.75) is 32.8 Å². The number of aromatic nitrogens is 1. The van der Waals surface area contributed by atoms with Crippen LogP contribution in [0.4, 0.5) is 5.69 Å². The monoisotopic (exact) mass is 320 g/mol. The van der Waals surface area contributed by atoms with Gasteiger partial charge in [-0.25, -0.2) is 0 Å². The number of rotatable bonds is 7. The SMILES string of the molecule is CCCCOC(C)C(=O)Nc1ccc(Cl)cc1-n1cccc1. The second-order valence-electron chi connectivity index (χ2n) is 5.11. The highest BCUT2D eigenvalue weighted by molar-refractivity contribution is 6.30. The molecule has 0 saturated heterocycles. The fourth-order valence-corrected chi connectivity index (χ4v) is 2.20. The normalized spacial score (nSPS) is 12.1. The van der Waals surface area contributed by atoms with E-state index in [1.165, 1.54) is 0 Å². The summed E-state index contributed by atoms with van der Waals surface area (Å²) in [4.78, 5) is 12.2. The van der Waals surface area contributed by atoms with Gasteiger partial charge in [-0.15, -0.1) is 0 Å². The molecule has 0 aliphatic rings. The Morgan fingerprint density at radius 3 is 2.77 bits per heavy atom. The Kier molecular flexibility index (Phi) is 6.04. The van der Waals surface area contributed by atoms with Gasteiger partial charge in [0, 0.05) is 24.0 Å². The first kappa shape index (κ1) is 16.6. The summed E-state index contributed by atoms with van der Waals surface area (Å²) in [7, 11) is 0. The quantitative estimate of drug-likeness (QED) is 0.774. The van der Waals surface area contributed by atoms with E-state index >= 15 is 0 Å². The smallest absolute Gasteiger partial charge is 0.253 e. The first-order valence-corrected chi connectivity index (χ1v) is 7.85. The largest absolute Gasteiger partial charge is 0.369 e. The fourth-order valence-electron chi connectivity index (χ4n) is 2.03. The molecule has 1 aromatic carbocycles. The zero-order valence-electron chi connectivity index (χ0n) is 12.9. The molecule has 0 fully saturated rings. The van der Waals surface area contributed by atoms with Crippen molar-refractivity contribution in [2.75, 3.05) is 11.9 Å². The fraction of sp³-hybridized carbons (Fsp3) is 0.353. The molecule has 0 radical (unpaired) electrons. The van der Waals surface area contributed by atoms with Crippen LogP contribution < -0.4 is 5.32 Å². The second kappa shape index (κ2) is 8.01. The van der Waals surface area contributed by atoms with Crippen molar-refractivity contribution in [1.29, 1.82) is 0 Å². The van der Waals surface area contributed by atoms with Crippen LogP contribution in [0.3, 0.4) is 0 Å². The average Bonchev–Trinajstić information content (AvgIpc) is 3.03. The van der Waals surface area contributed by atoms with Gasteiger partial charge in [-0.2, -0.15) is 0 Å². The molecule has 0 saturated carbocycles. The van der Waals surface area contributed by atoms with Crippen molar-refractivity contribution in [2.24, 2.45) is 0 Å². The Labute approximate surface area is 136 Å². The minimum atomic E-state index is -0.486. The van der Waals surface area contributed by atoms with E-state index in [-0.39, 0.29) is 5.91 Å². The summed E-state index contributed by atoms with van der Waals surface area (Å²) in [5.74, 6) is -0.160. The first-order valence-electron chi connectivity index (χ1n) is 7.47. The van der Waals surface area contributed by atoms with Crippen LogP contribution in [0.15, 0.2) is 42.7 Å². The minimum absolute atomic E-state index is 0.160. The van der Waals surface area contributed by atoms with E-state index in [2.05, 4.69) is 12.2 Å². The molecule has 0 bridgehead atoms. The number of ether oxygens (including phenoxy) is 1. The number of halogens is 1. The maximum absolute atomic E-state index is 12.2. The third-order valence-corrected chi connectivity index (χ3v) is 3.57. The van der Waals surface area contributed by atoms with Gasteiger partial charge in [0.1, 0.15) is 6.10 Å². The Morgan fingerprint density at radius 2 is 2.09 bits per heavy atom. The maximum atomic E-state index is 12.2. The summed E-state index contributed by atoms with van der Waals surface area (Å²) in [5.41, 5.74) is 1.53. The molecule has 1 atom stereocenters. The molecule has 2 rings (SSSR count). The van der Waals surface area contributed by atoms with Crippen LogP contribution in [0.5, 0.6) is 0 Å². The number of carbonyl (C=O) groups is 1. The number of benzene rings is 1. The van der Waals surface area contributed by atoms with Crippen LogP contribution in [0.2, 0.25) is 5.02 Å². The molecule has 0 spiro atoms. The minimum Gasteiger partial charge on any atom is -0.369 e. The summed E-state index contributed by atoms with van der Waals surface area (Å²) in [6.45, 7) is 4.44. The number of hydrogen-bond acceptors (Lipinski definition) is 2. The molecule has 1 heterocycles. The standard InChI is InChI=1S/C17H21ClN2O2/c1-3-4-11-22-13(2)17(21)19-15-8-7-14(18)12-16(15)20-9-5-6-10-20/h5-10,12-13H,3-4,11H2,1-2H3,(H,19,21). The van der Waals surface area contributed by atoms with Gasteiger partial charge in [-0.05, 0) is 43.7 Å². The van der Waals surface area contributed by atoms with Gasteiger partial charge in [0.25, 0.3) is 5.91 Å². The highest BCUT2D eigenvalue weighted by atomic mass is 35.5. The van der Waals surface area contributed by atoms with Gasteiger partial charge in [0.15, 0.2) is 0 Å². The molecule has 1 aromatic heterocycles. The van der Waals surface area contributed by atoms with Crippen LogP contribution in [0, 0.1) is 0 Å². The molecular formula is C17H21ClN2O2. The lowest BCUT2D eigenvalue weighted by Crippen LogP contribution is -2.28. The number of nitrogens with one attached hydrogen (secondary N) is 1. The number of unbranched alkanes of at least 4 members (excludes halogenated alkanes) is 1. The number of carbonyl (C=O) groups excluding carboxylic acids is 1. The van der Waals surface area contributed by atoms with Crippen molar-refractivity contribution >= 4 is 23.2 Å². The van der Waals surface area contributed by atoms with Crippen molar-refractivity contribution < 1.29 is 9.53 Å². The lowest BCUT2D eigenvalue weighted by Gasteiger charge is -2.16. The zero-order valence-corrected chi connectivity index (χ0v) is 13.6.